The maximum Gasteiger partial charge on any atom is 0.338 e. The van der Waals surface area contributed by atoms with Crippen molar-refractivity contribution in [3.63, 3.8) is 0 Å². The number of carbonyl (C=O) groups excluding carboxylic acids is 1. The topological polar surface area (TPSA) is 87.5 Å². The summed E-state index contributed by atoms with van der Waals surface area (Å²) in [5.74, 6) is 1.87. The van der Waals surface area contributed by atoms with Crippen LogP contribution in [0.25, 0.3) is 0 Å². The highest BCUT2D eigenvalue weighted by Crippen LogP contribution is 2.43. The number of nitrogens with zero attached hydrogens (tertiary/aromatic N) is 3. The normalized spacial score (nSPS) is 14.6. The van der Waals surface area contributed by atoms with Crippen LogP contribution in [0.1, 0.15) is 50.8 Å². The Morgan fingerprint density at radius 2 is 2.05 bits per heavy atom. The molecule has 0 amide bonds. The van der Waals surface area contributed by atoms with Crippen molar-refractivity contribution in [3.8, 4) is 11.5 Å². The van der Waals surface area contributed by atoms with Crippen molar-refractivity contribution in [2.24, 2.45) is 0 Å². The summed E-state index contributed by atoms with van der Waals surface area (Å²) in [7, 11) is 1.59. The van der Waals surface area contributed by atoms with Crippen molar-refractivity contribution in [1.29, 1.82) is 0 Å². The maximum absolute atomic E-state index is 13.4. The second-order valence-electron chi connectivity index (χ2n) is 8.57. The summed E-state index contributed by atoms with van der Waals surface area (Å²) in [6.07, 6.45) is 1.71. The zero-order chi connectivity index (χ0) is 27.2. The average Bonchev–Trinajstić information content (AvgIpc) is 3.30. The number of esters is 1. The van der Waals surface area contributed by atoms with E-state index in [0.29, 0.717) is 62.3 Å². The van der Waals surface area contributed by atoms with Crippen LogP contribution in [0.2, 0.25) is 5.02 Å². The second kappa shape index (κ2) is 12.9. The van der Waals surface area contributed by atoms with E-state index < -0.39 is 12.0 Å². The molecular formula is C27H30BrClN4O4S. The van der Waals surface area contributed by atoms with Gasteiger partial charge in [-0.15, -0.1) is 5.10 Å². The molecule has 0 saturated heterocycles. The minimum absolute atomic E-state index is 0.346. The van der Waals surface area contributed by atoms with Gasteiger partial charge in [0.15, 0.2) is 11.5 Å². The Kier molecular flexibility index (Phi) is 9.62. The van der Waals surface area contributed by atoms with Crippen LogP contribution in [-0.2, 0) is 15.3 Å². The van der Waals surface area contributed by atoms with E-state index in [1.165, 1.54) is 11.8 Å². The standard InChI is InChI=1S/C27H30BrClN4O4S/c1-5-7-12-37-25(34)22-16(3)30-26-31-27(38-15-17-10-8-9-11-20(17)29)32-33(26)23(22)18-13-19(28)24(36-6-2)21(14-18)35-4/h8-11,13-14,23H,5-7,12,15H2,1-4H3,(H,30,31,32). The van der Waals surface area contributed by atoms with Gasteiger partial charge < -0.3 is 19.5 Å². The lowest BCUT2D eigenvalue weighted by atomic mass is 9.95. The summed E-state index contributed by atoms with van der Waals surface area (Å²) in [6, 6.07) is 10.9. The minimum Gasteiger partial charge on any atom is -0.493 e. The van der Waals surface area contributed by atoms with Crippen LogP contribution in [0.4, 0.5) is 5.95 Å². The Balaban J connectivity index is 1.75. The number of rotatable bonds is 11. The van der Waals surface area contributed by atoms with Crippen LogP contribution >= 0.6 is 39.3 Å². The quantitative estimate of drug-likeness (QED) is 0.139. The molecule has 0 aliphatic carbocycles. The fraction of sp³-hybridized carbons (Fsp3) is 0.370. The molecule has 11 heteroatoms. The number of thioether (sulfide) groups is 1. The fourth-order valence-corrected chi connectivity index (χ4v) is 5.78. The molecule has 0 spiro atoms. The summed E-state index contributed by atoms with van der Waals surface area (Å²) < 4.78 is 19.5. The lowest BCUT2D eigenvalue weighted by Gasteiger charge is -2.28. The number of aromatic nitrogens is 3. The zero-order valence-corrected chi connectivity index (χ0v) is 24.9. The highest BCUT2D eigenvalue weighted by atomic mass is 79.9. The molecule has 1 aromatic heterocycles. The van der Waals surface area contributed by atoms with Gasteiger partial charge in [-0.3, -0.25) is 0 Å². The number of halogens is 2. The third-order valence-electron chi connectivity index (χ3n) is 5.95. The van der Waals surface area contributed by atoms with Gasteiger partial charge in [0.1, 0.15) is 6.04 Å². The van der Waals surface area contributed by atoms with Crippen LogP contribution in [-0.4, -0.2) is 41.1 Å². The van der Waals surface area contributed by atoms with E-state index in [2.05, 4.69) is 28.2 Å². The molecule has 0 fully saturated rings. The van der Waals surface area contributed by atoms with Gasteiger partial charge in [-0.05, 0) is 65.5 Å². The van der Waals surface area contributed by atoms with Crippen molar-refractivity contribution in [2.75, 3.05) is 25.6 Å². The molecule has 4 rings (SSSR count). The number of hydrogen-bond donors (Lipinski definition) is 1. The highest BCUT2D eigenvalue weighted by Gasteiger charge is 2.36. The number of allylic oxidation sites excluding steroid dienone is 1. The van der Waals surface area contributed by atoms with Gasteiger partial charge in [0.25, 0.3) is 0 Å². The second-order valence-corrected chi connectivity index (χ2v) is 10.8. The molecule has 0 radical (unpaired) electrons. The molecule has 1 N–H and O–H groups in total. The van der Waals surface area contributed by atoms with Crippen LogP contribution in [0, 0.1) is 0 Å². The number of anilines is 1. The van der Waals surface area contributed by atoms with Gasteiger partial charge in [0.05, 0.1) is 30.4 Å². The largest absolute Gasteiger partial charge is 0.493 e. The lowest BCUT2D eigenvalue weighted by Crippen LogP contribution is -2.30. The smallest absolute Gasteiger partial charge is 0.338 e. The van der Waals surface area contributed by atoms with Crippen molar-refractivity contribution in [3.05, 3.63) is 68.3 Å². The Bertz CT molecular complexity index is 1350. The van der Waals surface area contributed by atoms with Crippen LogP contribution in [0.15, 0.2) is 57.3 Å². The Hall–Kier alpha value is -2.69. The molecule has 1 aliphatic heterocycles. The number of nitrogens with one attached hydrogen (secondary N) is 1. The van der Waals surface area contributed by atoms with E-state index >= 15 is 0 Å². The van der Waals surface area contributed by atoms with Crippen molar-refractivity contribution in [2.45, 2.75) is 50.6 Å². The molecule has 8 nitrogen and oxygen atoms in total. The Labute approximate surface area is 240 Å². The number of hydrogen-bond acceptors (Lipinski definition) is 8. The first-order valence-corrected chi connectivity index (χ1v) is 14.5. The number of methoxy groups -OCH3 is 1. The minimum atomic E-state index is -0.594. The molecule has 38 heavy (non-hydrogen) atoms. The first-order chi connectivity index (χ1) is 18.4. The van der Waals surface area contributed by atoms with Gasteiger partial charge in [0, 0.05) is 16.5 Å². The van der Waals surface area contributed by atoms with Gasteiger partial charge in [-0.2, -0.15) is 4.98 Å². The Morgan fingerprint density at radius 1 is 1.26 bits per heavy atom. The lowest BCUT2D eigenvalue weighted by molar-refractivity contribution is -0.139. The summed E-state index contributed by atoms with van der Waals surface area (Å²) in [4.78, 5) is 18.1. The number of unbranched alkanes of at least 4 members (excludes halogenated alkanes) is 1. The number of ether oxygens (including phenoxy) is 3. The van der Waals surface area contributed by atoms with E-state index in [9.17, 15) is 4.79 Å². The summed E-state index contributed by atoms with van der Waals surface area (Å²) in [6.45, 7) is 6.63. The number of fused-ring (bicyclic) bond motifs is 1. The van der Waals surface area contributed by atoms with Crippen molar-refractivity contribution < 1.29 is 19.0 Å². The maximum atomic E-state index is 13.4. The first kappa shape index (κ1) is 28.3. The molecule has 1 atom stereocenters. The van der Waals surface area contributed by atoms with Crippen molar-refractivity contribution in [1.82, 2.24) is 14.8 Å². The van der Waals surface area contributed by atoms with E-state index in [1.807, 2.05) is 50.2 Å². The molecular weight excluding hydrogens is 592 g/mol. The van der Waals surface area contributed by atoms with Crippen LogP contribution < -0.4 is 14.8 Å². The van der Waals surface area contributed by atoms with Gasteiger partial charge in [0.2, 0.25) is 11.1 Å². The third kappa shape index (κ3) is 6.13. The van der Waals surface area contributed by atoms with Gasteiger partial charge in [-0.25, -0.2) is 9.48 Å². The number of benzene rings is 2. The van der Waals surface area contributed by atoms with E-state index in [4.69, 9.17) is 35.9 Å². The molecule has 3 aromatic rings. The molecule has 0 bridgehead atoms. The Morgan fingerprint density at radius 3 is 2.76 bits per heavy atom. The van der Waals surface area contributed by atoms with Gasteiger partial charge >= 0.3 is 5.97 Å². The van der Waals surface area contributed by atoms with Crippen LogP contribution in [0.5, 0.6) is 11.5 Å². The van der Waals surface area contributed by atoms with E-state index in [0.717, 1.165) is 24.0 Å². The monoisotopic (exact) mass is 620 g/mol. The zero-order valence-electron chi connectivity index (χ0n) is 21.7. The van der Waals surface area contributed by atoms with Crippen molar-refractivity contribution >= 4 is 51.2 Å². The molecule has 2 heterocycles. The summed E-state index contributed by atoms with van der Waals surface area (Å²) in [5.41, 5.74) is 2.88. The average molecular weight is 622 g/mol. The molecule has 1 aliphatic rings. The summed E-state index contributed by atoms with van der Waals surface area (Å²) >= 11 is 11.4. The summed E-state index contributed by atoms with van der Waals surface area (Å²) in [5, 5.41) is 9.29. The van der Waals surface area contributed by atoms with E-state index in [-0.39, 0.29) is 0 Å². The molecule has 202 valence electrons. The van der Waals surface area contributed by atoms with Gasteiger partial charge in [-0.1, -0.05) is 54.9 Å². The predicted molar refractivity (Wildman–Crippen MR) is 153 cm³/mol. The van der Waals surface area contributed by atoms with Crippen LogP contribution in [0.3, 0.4) is 0 Å². The third-order valence-corrected chi connectivity index (χ3v) is 7.80. The number of carbonyl (C=O) groups is 1. The van der Waals surface area contributed by atoms with E-state index in [1.54, 1.807) is 11.8 Å². The predicted octanol–water partition coefficient (Wildman–Crippen LogP) is 7.03. The molecule has 0 saturated carbocycles. The fourth-order valence-electron chi connectivity index (χ4n) is 4.09. The SMILES string of the molecule is CCCCOC(=O)C1=C(C)Nc2nc(SCc3ccccc3Cl)nn2C1c1cc(Br)c(OCC)c(OC)c1. The molecule has 1 unspecified atom stereocenters. The highest BCUT2D eigenvalue weighted by molar-refractivity contribution is 9.10. The first-order valence-electron chi connectivity index (χ1n) is 12.4. The molecule has 2 aromatic carbocycles.